The topological polar surface area (TPSA) is 46.1 Å². The average Bonchev–Trinajstić information content (AvgIpc) is 2.60. The Bertz CT molecular complexity index is 743. The lowest BCUT2D eigenvalue weighted by molar-refractivity contribution is -0.123. The van der Waals surface area contributed by atoms with Crippen LogP contribution in [0.4, 0.5) is 5.69 Å². The molecule has 1 aliphatic heterocycles. The first kappa shape index (κ1) is 14.4. The van der Waals surface area contributed by atoms with Crippen LogP contribution in [0.15, 0.2) is 36.8 Å². The zero-order valence-corrected chi connectivity index (χ0v) is 13.4. The van der Waals surface area contributed by atoms with E-state index in [0.717, 1.165) is 49.0 Å². The first-order valence-electron chi connectivity index (χ1n) is 8.43. The fourth-order valence-corrected chi connectivity index (χ4v) is 3.89. The molecule has 1 aliphatic carbocycles. The molecule has 2 atom stereocenters. The zero-order valence-electron chi connectivity index (χ0n) is 13.4. The molecule has 0 spiro atoms. The van der Waals surface area contributed by atoms with Gasteiger partial charge in [0.25, 0.3) is 0 Å². The van der Waals surface area contributed by atoms with Crippen LogP contribution in [0.25, 0.3) is 0 Å². The summed E-state index contributed by atoms with van der Waals surface area (Å²) in [6.45, 7) is 2.16. The van der Waals surface area contributed by atoms with Crippen LogP contribution in [0, 0.1) is 5.92 Å². The van der Waals surface area contributed by atoms with E-state index in [2.05, 4.69) is 35.1 Å². The quantitative estimate of drug-likeness (QED) is 0.814. The van der Waals surface area contributed by atoms with Gasteiger partial charge < -0.3 is 4.90 Å². The fourth-order valence-electron chi connectivity index (χ4n) is 3.89. The van der Waals surface area contributed by atoms with Gasteiger partial charge in [-0.15, -0.1) is 0 Å². The number of aromatic nitrogens is 2. The lowest BCUT2D eigenvalue weighted by atomic mass is 9.85. The molecule has 2 heterocycles. The summed E-state index contributed by atoms with van der Waals surface area (Å²) in [6.07, 6.45) is 8.09. The third kappa shape index (κ3) is 2.52. The van der Waals surface area contributed by atoms with Gasteiger partial charge in [0.05, 0.1) is 0 Å². The number of aryl methyl sites for hydroxylation is 2. The van der Waals surface area contributed by atoms with Crippen molar-refractivity contribution in [1.29, 1.82) is 0 Å². The second-order valence-corrected chi connectivity index (χ2v) is 6.66. The minimum absolute atomic E-state index is 0.0436. The summed E-state index contributed by atoms with van der Waals surface area (Å²) >= 11 is 0. The molecule has 1 aromatic heterocycles. The van der Waals surface area contributed by atoms with Gasteiger partial charge in [0, 0.05) is 29.5 Å². The van der Waals surface area contributed by atoms with Crippen LogP contribution in [-0.2, 0) is 24.1 Å². The molecule has 4 rings (SSSR count). The molecular weight excluding hydrogens is 286 g/mol. The van der Waals surface area contributed by atoms with Gasteiger partial charge in [0.2, 0.25) is 5.91 Å². The fraction of sp³-hybridized carbons (Fsp3) is 0.421. The smallest absolute Gasteiger partial charge is 0.230 e. The number of anilines is 1. The van der Waals surface area contributed by atoms with E-state index in [1.54, 1.807) is 6.33 Å². The molecule has 23 heavy (non-hydrogen) atoms. The summed E-state index contributed by atoms with van der Waals surface area (Å²) in [7, 11) is 0. The number of benzene rings is 1. The van der Waals surface area contributed by atoms with Gasteiger partial charge in [-0.3, -0.25) is 4.79 Å². The number of rotatable bonds is 1. The number of carbonyl (C=O) groups excluding carboxylic acids is 1. The molecule has 0 saturated heterocycles. The van der Waals surface area contributed by atoms with Crippen molar-refractivity contribution in [3.05, 3.63) is 53.6 Å². The van der Waals surface area contributed by atoms with E-state index in [-0.39, 0.29) is 17.9 Å². The standard InChI is InChI=1S/C19H21N3O/c1-13-6-7-14-4-2-3-5-18(14)22(13)19(23)15-8-9-17-16(10-15)11-20-12-21-17/h2-5,11-13,15H,6-10H2,1H3. The number of hydrogen-bond donors (Lipinski definition) is 0. The number of amides is 1. The summed E-state index contributed by atoms with van der Waals surface area (Å²) in [6, 6.07) is 8.59. The molecule has 2 unspecified atom stereocenters. The van der Waals surface area contributed by atoms with Gasteiger partial charge in [-0.2, -0.15) is 0 Å². The highest BCUT2D eigenvalue weighted by atomic mass is 16.2. The molecule has 0 radical (unpaired) electrons. The SMILES string of the molecule is CC1CCc2ccccc2N1C(=O)C1CCc2ncncc2C1. The summed E-state index contributed by atoms with van der Waals surface area (Å²) in [5, 5.41) is 0. The second kappa shape index (κ2) is 5.76. The van der Waals surface area contributed by atoms with Gasteiger partial charge >= 0.3 is 0 Å². The van der Waals surface area contributed by atoms with Gasteiger partial charge in [-0.25, -0.2) is 9.97 Å². The molecular formula is C19H21N3O. The minimum Gasteiger partial charge on any atom is -0.309 e. The molecule has 0 saturated carbocycles. The summed E-state index contributed by atoms with van der Waals surface area (Å²) in [5.41, 5.74) is 4.64. The van der Waals surface area contributed by atoms with Crippen LogP contribution < -0.4 is 4.90 Å². The summed E-state index contributed by atoms with van der Waals surface area (Å²) < 4.78 is 0. The first-order chi connectivity index (χ1) is 11.2. The molecule has 2 aliphatic rings. The maximum absolute atomic E-state index is 13.2. The maximum Gasteiger partial charge on any atom is 0.230 e. The lowest BCUT2D eigenvalue weighted by Gasteiger charge is -2.38. The summed E-state index contributed by atoms with van der Waals surface area (Å²) in [4.78, 5) is 23.7. The highest BCUT2D eigenvalue weighted by molar-refractivity contribution is 5.97. The highest BCUT2D eigenvalue weighted by Crippen LogP contribution is 2.34. The van der Waals surface area contributed by atoms with Crippen molar-refractivity contribution in [1.82, 2.24) is 9.97 Å². The Morgan fingerprint density at radius 1 is 1.17 bits per heavy atom. The molecule has 0 N–H and O–H groups in total. The van der Waals surface area contributed by atoms with Crippen molar-refractivity contribution in [3.8, 4) is 0 Å². The number of para-hydroxylation sites is 1. The van der Waals surface area contributed by atoms with E-state index in [9.17, 15) is 4.79 Å². The van der Waals surface area contributed by atoms with E-state index in [4.69, 9.17) is 0 Å². The number of hydrogen-bond acceptors (Lipinski definition) is 3. The van der Waals surface area contributed by atoms with Crippen molar-refractivity contribution in [2.75, 3.05) is 4.90 Å². The number of nitrogens with zero attached hydrogens (tertiary/aromatic N) is 3. The van der Waals surface area contributed by atoms with E-state index < -0.39 is 0 Å². The van der Waals surface area contributed by atoms with Crippen molar-refractivity contribution < 1.29 is 4.79 Å². The predicted molar refractivity (Wildman–Crippen MR) is 89.3 cm³/mol. The Hall–Kier alpha value is -2.23. The van der Waals surface area contributed by atoms with Crippen molar-refractivity contribution in [3.63, 3.8) is 0 Å². The largest absolute Gasteiger partial charge is 0.309 e. The minimum atomic E-state index is 0.0436. The third-order valence-corrected chi connectivity index (χ3v) is 5.19. The molecule has 118 valence electrons. The summed E-state index contributed by atoms with van der Waals surface area (Å²) in [5.74, 6) is 0.307. The normalized spacial score (nSPS) is 23.1. The van der Waals surface area contributed by atoms with Crippen LogP contribution >= 0.6 is 0 Å². The van der Waals surface area contributed by atoms with Crippen LogP contribution in [0.5, 0.6) is 0 Å². The lowest BCUT2D eigenvalue weighted by Crippen LogP contribution is -2.46. The van der Waals surface area contributed by atoms with Gasteiger partial charge in [-0.05, 0) is 56.2 Å². The van der Waals surface area contributed by atoms with Crippen molar-refractivity contribution in [2.45, 2.75) is 45.1 Å². The van der Waals surface area contributed by atoms with Crippen LogP contribution in [-0.4, -0.2) is 21.9 Å². The monoisotopic (exact) mass is 307 g/mol. The molecule has 4 nitrogen and oxygen atoms in total. The van der Waals surface area contributed by atoms with Crippen LogP contribution in [0.1, 0.15) is 36.6 Å². The molecule has 2 aromatic rings. The number of carbonyl (C=O) groups is 1. The zero-order chi connectivity index (χ0) is 15.8. The Morgan fingerprint density at radius 2 is 2.04 bits per heavy atom. The Morgan fingerprint density at radius 3 is 2.96 bits per heavy atom. The van der Waals surface area contributed by atoms with Gasteiger partial charge in [0.1, 0.15) is 6.33 Å². The van der Waals surface area contributed by atoms with Crippen molar-refractivity contribution in [2.24, 2.45) is 5.92 Å². The molecule has 0 fully saturated rings. The van der Waals surface area contributed by atoms with Gasteiger partial charge in [0.15, 0.2) is 0 Å². The van der Waals surface area contributed by atoms with E-state index in [1.165, 1.54) is 5.56 Å². The van der Waals surface area contributed by atoms with Gasteiger partial charge in [-0.1, -0.05) is 18.2 Å². The predicted octanol–water partition coefficient (Wildman–Crippen LogP) is 2.95. The maximum atomic E-state index is 13.2. The average molecular weight is 307 g/mol. The third-order valence-electron chi connectivity index (χ3n) is 5.19. The van der Waals surface area contributed by atoms with E-state index >= 15 is 0 Å². The molecule has 1 aromatic carbocycles. The molecule has 0 bridgehead atoms. The second-order valence-electron chi connectivity index (χ2n) is 6.66. The van der Waals surface area contributed by atoms with Crippen LogP contribution in [0.2, 0.25) is 0 Å². The van der Waals surface area contributed by atoms with Crippen molar-refractivity contribution >= 4 is 11.6 Å². The highest BCUT2D eigenvalue weighted by Gasteiger charge is 2.34. The van der Waals surface area contributed by atoms with E-state index in [0.29, 0.717) is 0 Å². The Labute approximate surface area is 136 Å². The van der Waals surface area contributed by atoms with Crippen LogP contribution in [0.3, 0.4) is 0 Å². The Balaban J connectivity index is 1.63. The molecule has 4 heteroatoms. The number of fused-ring (bicyclic) bond motifs is 2. The first-order valence-corrected chi connectivity index (χ1v) is 8.43. The molecule has 1 amide bonds. The Kier molecular flexibility index (Phi) is 3.60. The van der Waals surface area contributed by atoms with E-state index in [1.807, 2.05) is 17.2 Å².